The summed E-state index contributed by atoms with van der Waals surface area (Å²) in [6.07, 6.45) is 5.66. The smallest absolute Gasteiger partial charge is 0.261 e. The number of aryl methyl sites for hydroxylation is 2. The summed E-state index contributed by atoms with van der Waals surface area (Å²) in [6.45, 7) is 0.362. The Morgan fingerprint density at radius 3 is 2.75 bits per heavy atom. The molecule has 0 radical (unpaired) electrons. The fourth-order valence-electron chi connectivity index (χ4n) is 2.83. The molecule has 0 saturated heterocycles. The molecule has 2 N–H and O–H groups in total. The summed E-state index contributed by atoms with van der Waals surface area (Å²) in [5.41, 5.74) is 2.66. The maximum atomic E-state index is 12.3. The van der Waals surface area contributed by atoms with Crippen LogP contribution in [-0.2, 0) is 29.4 Å². The van der Waals surface area contributed by atoms with Crippen molar-refractivity contribution in [2.45, 2.75) is 32.2 Å². The average molecular weight is 364 g/mol. The highest BCUT2D eigenvalue weighted by atomic mass is 32.2. The largest absolute Gasteiger partial charge is 0.347 e. The van der Waals surface area contributed by atoms with Gasteiger partial charge in [0.2, 0.25) is 10.0 Å². The summed E-state index contributed by atoms with van der Waals surface area (Å²) >= 11 is 1.59. The molecule has 1 aliphatic carbocycles. The Bertz CT molecular complexity index is 833. The molecular formula is C17H20N2O3S2. The number of anilines is 1. The van der Waals surface area contributed by atoms with Crippen molar-refractivity contribution in [2.75, 3.05) is 11.0 Å². The number of hydrogen-bond donors (Lipinski definition) is 2. The lowest BCUT2D eigenvalue weighted by molar-refractivity contribution is 0.0955. The van der Waals surface area contributed by atoms with Gasteiger partial charge in [0, 0.05) is 17.1 Å². The zero-order chi connectivity index (χ0) is 17.2. The van der Waals surface area contributed by atoms with Crippen LogP contribution in [0.2, 0.25) is 0 Å². The van der Waals surface area contributed by atoms with Crippen LogP contribution in [0.4, 0.5) is 5.69 Å². The van der Waals surface area contributed by atoms with E-state index < -0.39 is 10.0 Å². The molecule has 1 heterocycles. The van der Waals surface area contributed by atoms with Crippen LogP contribution in [-0.4, -0.2) is 20.6 Å². The fourth-order valence-corrected chi connectivity index (χ4v) is 4.56. The number of carbonyl (C=O) groups is 1. The average Bonchev–Trinajstić information content (AvgIpc) is 2.95. The first kappa shape index (κ1) is 17.0. The van der Waals surface area contributed by atoms with E-state index in [1.54, 1.807) is 29.5 Å². The minimum absolute atomic E-state index is 0.0733. The van der Waals surface area contributed by atoms with Gasteiger partial charge in [0.15, 0.2) is 0 Å². The predicted molar refractivity (Wildman–Crippen MR) is 97.0 cm³/mol. The van der Waals surface area contributed by atoms with Gasteiger partial charge >= 0.3 is 0 Å². The Labute approximate surface area is 146 Å². The van der Waals surface area contributed by atoms with Crippen molar-refractivity contribution in [1.82, 2.24) is 5.32 Å². The van der Waals surface area contributed by atoms with Crippen LogP contribution < -0.4 is 10.0 Å². The van der Waals surface area contributed by atoms with E-state index in [1.807, 2.05) is 12.1 Å². The van der Waals surface area contributed by atoms with Gasteiger partial charge in [-0.1, -0.05) is 12.1 Å². The molecular weight excluding hydrogens is 344 g/mol. The maximum Gasteiger partial charge on any atom is 0.261 e. The van der Waals surface area contributed by atoms with Gasteiger partial charge in [-0.25, -0.2) is 8.42 Å². The minimum Gasteiger partial charge on any atom is -0.347 e. The summed E-state index contributed by atoms with van der Waals surface area (Å²) in [5, 5.41) is 2.91. The molecule has 1 aromatic carbocycles. The third kappa shape index (κ3) is 4.36. The number of benzene rings is 1. The number of carbonyl (C=O) groups excluding carboxylic acids is 1. The Hall–Kier alpha value is -1.86. The van der Waals surface area contributed by atoms with Crippen LogP contribution in [0.3, 0.4) is 0 Å². The van der Waals surface area contributed by atoms with E-state index in [9.17, 15) is 13.2 Å². The van der Waals surface area contributed by atoms with Crippen LogP contribution in [0.15, 0.2) is 30.3 Å². The molecule has 0 aliphatic heterocycles. The van der Waals surface area contributed by atoms with Crippen LogP contribution in [0.25, 0.3) is 0 Å². The zero-order valence-corrected chi connectivity index (χ0v) is 15.1. The van der Waals surface area contributed by atoms with Gasteiger partial charge in [-0.15, -0.1) is 11.3 Å². The lowest BCUT2D eigenvalue weighted by Crippen LogP contribution is -2.21. The standard InChI is InChI=1S/C17H20N2O3S2/c1-24(21,22)19-14-7-4-5-12(9-14)11-18-17(20)16-10-13-6-2-3-8-15(13)23-16/h4-5,7,9-10,19H,2-3,6,8,11H2,1H3,(H,18,20). The van der Waals surface area contributed by atoms with Crippen molar-refractivity contribution in [2.24, 2.45) is 0 Å². The Morgan fingerprint density at radius 2 is 2.00 bits per heavy atom. The Morgan fingerprint density at radius 1 is 1.21 bits per heavy atom. The summed E-state index contributed by atoms with van der Waals surface area (Å²) in [6, 6.07) is 9.03. The molecule has 0 spiro atoms. The third-order valence-electron chi connectivity index (χ3n) is 3.90. The lowest BCUT2D eigenvalue weighted by Gasteiger charge is -2.08. The van der Waals surface area contributed by atoms with Gasteiger partial charge in [-0.05, 0) is 55.0 Å². The molecule has 0 fully saturated rings. The SMILES string of the molecule is CS(=O)(=O)Nc1cccc(CNC(=O)c2cc3c(s2)CCCC3)c1. The first-order valence-electron chi connectivity index (χ1n) is 7.87. The molecule has 3 rings (SSSR count). The van der Waals surface area contributed by atoms with E-state index in [4.69, 9.17) is 0 Å². The molecule has 2 aromatic rings. The van der Waals surface area contributed by atoms with E-state index in [2.05, 4.69) is 10.0 Å². The number of sulfonamides is 1. The van der Waals surface area contributed by atoms with Crippen molar-refractivity contribution in [3.63, 3.8) is 0 Å². The fraction of sp³-hybridized carbons (Fsp3) is 0.353. The minimum atomic E-state index is -3.31. The lowest BCUT2D eigenvalue weighted by atomic mass is 9.99. The van der Waals surface area contributed by atoms with Gasteiger partial charge in [0.25, 0.3) is 5.91 Å². The number of fused-ring (bicyclic) bond motifs is 1. The third-order valence-corrected chi connectivity index (χ3v) is 5.75. The number of amides is 1. The van der Waals surface area contributed by atoms with Crippen LogP contribution in [0.1, 0.15) is 38.5 Å². The number of rotatable bonds is 5. The van der Waals surface area contributed by atoms with E-state index >= 15 is 0 Å². The Kier molecular flexibility index (Phi) is 4.91. The Balaban J connectivity index is 1.64. The molecule has 0 unspecified atom stereocenters. The highest BCUT2D eigenvalue weighted by Gasteiger charge is 2.17. The van der Waals surface area contributed by atoms with E-state index in [-0.39, 0.29) is 5.91 Å². The van der Waals surface area contributed by atoms with Gasteiger partial charge in [-0.3, -0.25) is 9.52 Å². The quantitative estimate of drug-likeness (QED) is 0.856. The van der Waals surface area contributed by atoms with Crippen LogP contribution >= 0.6 is 11.3 Å². The van der Waals surface area contributed by atoms with Crippen molar-refractivity contribution >= 4 is 33.0 Å². The zero-order valence-electron chi connectivity index (χ0n) is 13.5. The van der Waals surface area contributed by atoms with Gasteiger partial charge < -0.3 is 5.32 Å². The molecule has 0 atom stereocenters. The molecule has 24 heavy (non-hydrogen) atoms. The highest BCUT2D eigenvalue weighted by Crippen LogP contribution is 2.29. The monoisotopic (exact) mass is 364 g/mol. The molecule has 1 aromatic heterocycles. The number of thiophene rings is 1. The second kappa shape index (κ2) is 6.94. The van der Waals surface area contributed by atoms with E-state index in [1.165, 1.54) is 23.3 Å². The number of hydrogen-bond acceptors (Lipinski definition) is 4. The molecule has 0 bridgehead atoms. The summed E-state index contributed by atoms with van der Waals surface area (Å²) < 4.78 is 25.0. The van der Waals surface area contributed by atoms with Crippen molar-refractivity contribution in [1.29, 1.82) is 0 Å². The molecule has 1 aliphatic rings. The van der Waals surface area contributed by atoms with Gasteiger partial charge in [-0.2, -0.15) is 0 Å². The van der Waals surface area contributed by atoms with Gasteiger partial charge in [0.1, 0.15) is 0 Å². The first-order valence-corrected chi connectivity index (χ1v) is 10.6. The van der Waals surface area contributed by atoms with Gasteiger partial charge in [0.05, 0.1) is 11.1 Å². The molecule has 5 nitrogen and oxygen atoms in total. The van der Waals surface area contributed by atoms with Crippen molar-refractivity contribution in [3.05, 3.63) is 51.2 Å². The normalized spacial score (nSPS) is 14.0. The number of nitrogens with one attached hydrogen (secondary N) is 2. The van der Waals surface area contributed by atoms with Crippen LogP contribution in [0, 0.1) is 0 Å². The first-order chi connectivity index (χ1) is 11.4. The summed E-state index contributed by atoms with van der Waals surface area (Å²) in [4.78, 5) is 14.4. The highest BCUT2D eigenvalue weighted by molar-refractivity contribution is 7.92. The van der Waals surface area contributed by atoms with Crippen molar-refractivity contribution in [3.8, 4) is 0 Å². The van der Waals surface area contributed by atoms with E-state index in [0.717, 1.165) is 29.5 Å². The molecule has 1 amide bonds. The topological polar surface area (TPSA) is 75.3 Å². The van der Waals surface area contributed by atoms with Crippen LogP contribution in [0.5, 0.6) is 0 Å². The second-order valence-electron chi connectivity index (χ2n) is 6.02. The molecule has 7 heteroatoms. The van der Waals surface area contributed by atoms with E-state index in [0.29, 0.717) is 12.2 Å². The molecule has 128 valence electrons. The summed E-state index contributed by atoms with van der Waals surface area (Å²) in [7, 11) is -3.31. The second-order valence-corrected chi connectivity index (χ2v) is 8.91. The summed E-state index contributed by atoms with van der Waals surface area (Å²) in [5.74, 6) is -0.0733. The molecule has 0 saturated carbocycles. The predicted octanol–water partition coefficient (Wildman–Crippen LogP) is 2.93. The maximum absolute atomic E-state index is 12.3. The van der Waals surface area contributed by atoms with Crippen molar-refractivity contribution < 1.29 is 13.2 Å².